The fourth-order valence-electron chi connectivity index (χ4n) is 1.93. The maximum Gasteiger partial charge on any atom is 0.228 e. The van der Waals surface area contributed by atoms with Crippen LogP contribution in [0.1, 0.15) is 17.5 Å². The number of aryl methyl sites for hydroxylation is 2. The summed E-state index contributed by atoms with van der Waals surface area (Å²) in [5, 5.41) is 2.73. The summed E-state index contributed by atoms with van der Waals surface area (Å²) < 4.78 is 6.58. The fourth-order valence-corrected chi connectivity index (χ4v) is 2.16. The highest BCUT2D eigenvalue weighted by Gasteiger charge is 2.06. The van der Waals surface area contributed by atoms with Gasteiger partial charge in [0, 0.05) is 10.7 Å². The average Bonchev–Trinajstić information content (AvgIpc) is 2.45. The zero-order valence-electron chi connectivity index (χ0n) is 12.0. The summed E-state index contributed by atoms with van der Waals surface area (Å²) >= 11 is 3.30. The van der Waals surface area contributed by atoms with E-state index in [1.807, 2.05) is 38.1 Å². The topological polar surface area (TPSA) is 51.2 Å². The molecule has 0 atom stereocenters. The number of nitrogens with zero attached hydrogens (tertiary/aromatic N) is 1. The van der Waals surface area contributed by atoms with E-state index in [1.165, 1.54) is 0 Å². The molecule has 0 aliphatic carbocycles. The zero-order chi connectivity index (χ0) is 15.2. The number of carbonyl (C=O) groups is 1. The van der Waals surface area contributed by atoms with E-state index in [9.17, 15) is 4.79 Å². The van der Waals surface area contributed by atoms with Gasteiger partial charge >= 0.3 is 0 Å². The third-order valence-electron chi connectivity index (χ3n) is 2.98. The van der Waals surface area contributed by atoms with Crippen LogP contribution in [0.15, 0.2) is 41.0 Å². The fraction of sp³-hybridized carbons (Fsp3) is 0.250. The molecule has 0 aliphatic rings. The number of para-hydroxylation sites is 1. The molecule has 0 aliphatic heterocycles. The van der Waals surface area contributed by atoms with Gasteiger partial charge in [-0.05, 0) is 53.0 Å². The van der Waals surface area contributed by atoms with Crippen LogP contribution in [-0.2, 0) is 4.79 Å². The highest BCUT2D eigenvalue weighted by atomic mass is 79.9. The highest BCUT2D eigenvalue weighted by Crippen LogP contribution is 2.22. The van der Waals surface area contributed by atoms with Crippen LogP contribution in [0.4, 0.5) is 5.82 Å². The van der Waals surface area contributed by atoms with E-state index in [1.54, 1.807) is 12.3 Å². The molecule has 2 rings (SSSR count). The average molecular weight is 349 g/mol. The number of hydrogen-bond acceptors (Lipinski definition) is 3. The van der Waals surface area contributed by atoms with Crippen molar-refractivity contribution in [3.63, 3.8) is 0 Å². The van der Waals surface area contributed by atoms with Crippen LogP contribution >= 0.6 is 15.9 Å². The van der Waals surface area contributed by atoms with Gasteiger partial charge in [-0.2, -0.15) is 0 Å². The van der Waals surface area contributed by atoms with Crippen molar-refractivity contribution >= 4 is 27.7 Å². The lowest BCUT2D eigenvalue weighted by Gasteiger charge is -2.11. The van der Waals surface area contributed by atoms with Crippen molar-refractivity contribution in [2.75, 3.05) is 11.9 Å². The molecule has 2 aromatic rings. The molecule has 0 saturated heterocycles. The number of amides is 1. The van der Waals surface area contributed by atoms with Gasteiger partial charge in [0.05, 0.1) is 13.0 Å². The molecule has 0 radical (unpaired) electrons. The van der Waals surface area contributed by atoms with E-state index in [0.717, 1.165) is 21.3 Å². The first-order valence-electron chi connectivity index (χ1n) is 6.66. The number of rotatable bonds is 5. The van der Waals surface area contributed by atoms with Gasteiger partial charge in [0.1, 0.15) is 11.6 Å². The zero-order valence-corrected chi connectivity index (χ0v) is 13.6. The molecule has 0 spiro atoms. The molecule has 110 valence electrons. The Kier molecular flexibility index (Phi) is 5.33. The second-order valence-corrected chi connectivity index (χ2v) is 5.64. The predicted molar refractivity (Wildman–Crippen MR) is 86.6 cm³/mol. The molecule has 1 aromatic heterocycles. The molecule has 0 fully saturated rings. The SMILES string of the molecule is Cc1cccc(C)c1OCCC(=O)Nc1ccc(Br)cn1. The van der Waals surface area contributed by atoms with Gasteiger partial charge in [0.2, 0.25) is 5.91 Å². The van der Waals surface area contributed by atoms with E-state index in [4.69, 9.17) is 4.74 Å². The first kappa shape index (κ1) is 15.5. The van der Waals surface area contributed by atoms with Gasteiger partial charge < -0.3 is 10.1 Å². The normalized spacial score (nSPS) is 10.2. The molecule has 1 N–H and O–H groups in total. The Labute approximate surface area is 132 Å². The second-order valence-electron chi connectivity index (χ2n) is 4.73. The van der Waals surface area contributed by atoms with Gasteiger partial charge in [-0.3, -0.25) is 4.79 Å². The first-order chi connectivity index (χ1) is 10.1. The third kappa shape index (κ3) is 4.56. The van der Waals surface area contributed by atoms with Crippen LogP contribution in [0.2, 0.25) is 0 Å². The van der Waals surface area contributed by atoms with Crippen LogP contribution in [0.3, 0.4) is 0 Å². The molecule has 1 aromatic carbocycles. The van der Waals surface area contributed by atoms with Gasteiger partial charge in [-0.1, -0.05) is 18.2 Å². The number of ether oxygens (including phenoxy) is 1. The summed E-state index contributed by atoms with van der Waals surface area (Å²) in [4.78, 5) is 15.9. The van der Waals surface area contributed by atoms with Crippen LogP contribution < -0.4 is 10.1 Å². The van der Waals surface area contributed by atoms with Gasteiger partial charge in [-0.15, -0.1) is 0 Å². The Morgan fingerprint density at radius 2 is 1.95 bits per heavy atom. The first-order valence-corrected chi connectivity index (χ1v) is 7.46. The number of aromatic nitrogens is 1. The number of nitrogens with one attached hydrogen (secondary N) is 1. The Balaban J connectivity index is 1.83. The smallest absolute Gasteiger partial charge is 0.228 e. The molecule has 0 saturated carbocycles. The molecule has 1 amide bonds. The molecular weight excluding hydrogens is 332 g/mol. The minimum Gasteiger partial charge on any atom is -0.493 e. The molecule has 4 nitrogen and oxygen atoms in total. The standard InChI is InChI=1S/C16H17BrN2O2/c1-11-4-3-5-12(2)16(11)21-9-8-15(20)19-14-7-6-13(17)10-18-14/h3-7,10H,8-9H2,1-2H3,(H,18,19,20). The van der Waals surface area contributed by atoms with Crippen molar-refractivity contribution < 1.29 is 9.53 Å². The maximum atomic E-state index is 11.8. The molecule has 1 heterocycles. The second kappa shape index (κ2) is 7.22. The van der Waals surface area contributed by atoms with Crippen molar-refractivity contribution in [1.82, 2.24) is 4.98 Å². The monoisotopic (exact) mass is 348 g/mol. The van der Waals surface area contributed by atoms with Crippen molar-refractivity contribution in [3.05, 3.63) is 52.1 Å². The minimum atomic E-state index is -0.115. The molecule has 21 heavy (non-hydrogen) atoms. The van der Waals surface area contributed by atoms with E-state index < -0.39 is 0 Å². The predicted octanol–water partition coefficient (Wildman–Crippen LogP) is 3.87. The summed E-state index contributed by atoms with van der Waals surface area (Å²) in [6.45, 7) is 4.33. The molecule has 0 unspecified atom stereocenters. The lowest BCUT2D eigenvalue weighted by Crippen LogP contribution is -2.16. The number of halogens is 1. The lowest BCUT2D eigenvalue weighted by atomic mass is 10.1. The van der Waals surface area contributed by atoms with E-state index in [0.29, 0.717) is 12.4 Å². The summed E-state index contributed by atoms with van der Waals surface area (Å²) in [6, 6.07) is 9.55. The number of pyridine rings is 1. The summed E-state index contributed by atoms with van der Waals surface area (Å²) in [5.41, 5.74) is 2.15. The lowest BCUT2D eigenvalue weighted by molar-refractivity contribution is -0.116. The Hall–Kier alpha value is -1.88. The maximum absolute atomic E-state index is 11.8. The molecule has 0 bridgehead atoms. The van der Waals surface area contributed by atoms with E-state index in [2.05, 4.69) is 26.2 Å². The van der Waals surface area contributed by atoms with Crippen molar-refractivity contribution in [3.8, 4) is 5.75 Å². The van der Waals surface area contributed by atoms with Crippen LogP contribution in [0.5, 0.6) is 5.75 Å². The highest BCUT2D eigenvalue weighted by molar-refractivity contribution is 9.10. The summed E-state index contributed by atoms with van der Waals surface area (Å²) in [7, 11) is 0. The number of benzene rings is 1. The Morgan fingerprint density at radius 1 is 1.24 bits per heavy atom. The number of anilines is 1. The van der Waals surface area contributed by atoms with Gasteiger partial charge in [-0.25, -0.2) is 4.98 Å². The van der Waals surface area contributed by atoms with Gasteiger partial charge in [0.25, 0.3) is 0 Å². The van der Waals surface area contributed by atoms with Crippen molar-refractivity contribution in [1.29, 1.82) is 0 Å². The van der Waals surface area contributed by atoms with E-state index in [-0.39, 0.29) is 12.3 Å². The minimum absolute atomic E-state index is 0.115. The van der Waals surface area contributed by atoms with Crippen LogP contribution in [0, 0.1) is 13.8 Å². The third-order valence-corrected chi connectivity index (χ3v) is 3.45. The number of carbonyl (C=O) groups excluding carboxylic acids is 1. The van der Waals surface area contributed by atoms with Crippen LogP contribution in [0.25, 0.3) is 0 Å². The van der Waals surface area contributed by atoms with Crippen LogP contribution in [-0.4, -0.2) is 17.5 Å². The summed E-state index contributed by atoms with van der Waals surface area (Å²) in [5.74, 6) is 1.28. The van der Waals surface area contributed by atoms with Gasteiger partial charge in [0.15, 0.2) is 0 Å². The molecule has 5 heteroatoms. The largest absolute Gasteiger partial charge is 0.493 e. The quantitative estimate of drug-likeness (QED) is 0.892. The number of hydrogen-bond donors (Lipinski definition) is 1. The summed E-state index contributed by atoms with van der Waals surface area (Å²) in [6.07, 6.45) is 1.92. The van der Waals surface area contributed by atoms with Crippen molar-refractivity contribution in [2.45, 2.75) is 20.3 Å². The molecular formula is C16H17BrN2O2. The van der Waals surface area contributed by atoms with E-state index >= 15 is 0 Å². The van der Waals surface area contributed by atoms with Crippen molar-refractivity contribution in [2.24, 2.45) is 0 Å². The Morgan fingerprint density at radius 3 is 2.57 bits per heavy atom. The Bertz CT molecular complexity index is 606.